The van der Waals surface area contributed by atoms with Gasteiger partial charge in [0.05, 0.1) is 13.2 Å². The lowest BCUT2D eigenvalue weighted by Crippen LogP contribution is -2.06. The van der Waals surface area contributed by atoms with Crippen LogP contribution in [0.1, 0.15) is 25.2 Å². The molecular weight excluding hydrogens is 367 g/mol. The Balaban J connectivity index is 2.20. The van der Waals surface area contributed by atoms with Crippen LogP contribution in [0, 0.1) is 6.92 Å². The van der Waals surface area contributed by atoms with E-state index >= 15 is 0 Å². The van der Waals surface area contributed by atoms with Gasteiger partial charge >= 0.3 is 7.60 Å². The van der Waals surface area contributed by atoms with E-state index in [9.17, 15) is 9.36 Å². The molecule has 25 heavy (non-hydrogen) atoms. The molecule has 0 unspecified atom stereocenters. The molecule has 1 aromatic carbocycles. The van der Waals surface area contributed by atoms with Gasteiger partial charge in [-0.05, 0) is 44.5 Å². The van der Waals surface area contributed by atoms with Crippen LogP contribution in [0.15, 0.2) is 39.7 Å². The molecule has 0 amide bonds. The molecule has 1 aromatic heterocycles. The van der Waals surface area contributed by atoms with Crippen molar-refractivity contribution in [2.45, 2.75) is 26.9 Å². The molecule has 6 nitrogen and oxygen atoms in total. The summed E-state index contributed by atoms with van der Waals surface area (Å²) in [7, 11) is -3.34. The van der Waals surface area contributed by atoms with E-state index in [2.05, 4.69) is 0 Å². The van der Waals surface area contributed by atoms with Gasteiger partial charge in [-0.15, -0.1) is 0 Å². The van der Waals surface area contributed by atoms with Crippen molar-refractivity contribution in [3.63, 3.8) is 0 Å². The van der Waals surface area contributed by atoms with Crippen LogP contribution in [0.3, 0.4) is 0 Å². The number of benzene rings is 1. The first-order valence-corrected chi connectivity index (χ1v) is 9.91. The quantitative estimate of drug-likeness (QED) is 0.583. The summed E-state index contributed by atoms with van der Waals surface area (Å²) in [4.78, 5) is 12.2. The Hall–Kier alpha value is -1.59. The van der Waals surface area contributed by atoms with E-state index in [1.807, 2.05) is 6.92 Å². The van der Waals surface area contributed by atoms with Crippen LogP contribution in [0.5, 0.6) is 11.5 Å². The maximum absolute atomic E-state index is 12.5. The van der Waals surface area contributed by atoms with E-state index in [1.165, 1.54) is 12.3 Å². The fourth-order valence-corrected chi connectivity index (χ4v) is 3.97. The molecule has 0 saturated carbocycles. The zero-order chi connectivity index (χ0) is 18.4. The Morgan fingerprint density at radius 2 is 1.80 bits per heavy atom. The Kier molecular flexibility index (Phi) is 6.85. The lowest BCUT2D eigenvalue weighted by atomic mass is 10.2. The highest BCUT2D eigenvalue weighted by molar-refractivity contribution is 7.53. The van der Waals surface area contributed by atoms with E-state index in [4.69, 9.17) is 29.8 Å². The van der Waals surface area contributed by atoms with E-state index in [1.54, 1.807) is 32.0 Å². The summed E-state index contributed by atoms with van der Waals surface area (Å²) in [5.41, 5.74) is 0.392. The molecule has 8 heteroatoms. The van der Waals surface area contributed by atoms with Gasteiger partial charge in [-0.2, -0.15) is 0 Å². The van der Waals surface area contributed by atoms with Crippen molar-refractivity contribution in [1.29, 1.82) is 0 Å². The molecule has 136 valence electrons. The molecule has 0 spiro atoms. The first-order chi connectivity index (χ1) is 11.9. The summed E-state index contributed by atoms with van der Waals surface area (Å²) < 4.78 is 33.8. The number of rotatable bonds is 8. The molecule has 1 heterocycles. The third-order valence-corrected chi connectivity index (χ3v) is 5.45. The summed E-state index contributed by atoms with van der Waals surface area (Å²) in [5, 5.41) is 0.579. The maximum Gasteiger partial charge on any atom is 0.338 e. The van der Waals surface area contributed by atoms with Crippen molar-refractivity contribution in [2.24, 2.45) is 0 Å². The van der Waals surface area contributed by atoms with Gasteiger partial charge in [0.15, 0.2) is 0 Å². The van der Waals surface area contributed by atoms with Gasteiger partial charge < -0.3 is 18.2 Å². The highest BCUT2D eigenvalue weighted by Crippen LogP contribution is 2.51. The van der Waals surface area contributed by atoms with Crippen LogP contribution in [0.2, 0.25) is 5.02 Å². The fourth-order valence-electron chi connectivity index (χ4n) is 2.15. The minimum absolute atomic E-state index is 0.0248. The molecule has 0 aliphatic heterocycles. The van der Waals surface area contributed by atoms with Gasteiger partial charge in [0.1, 0.15) is 23.9 Å². The first kappa shape index (κ1) is 19.7. The minimum Gasteiger partial charge on any atom is -0.464 e. The predicted octanol–water partition coefficient (Wildman–Crippen LogP) is 5.16. The molecule has 0 radical (unpaired) electrons. The molecule has 0 bridgehead atoms. The van der Waals surface area contributed by atoms with Gasteiger partial charge in [-0.3, -0.25) is 9.36 Å². The smallest absolute Gasteiger partial charge is 0.338 e. The summed E-state index contributed by atoms with van der Waals surface area (Å²) in [6.45, 7) is 5.72. The van der Waals surface area contributed by atoms with Crippen LogP contribution in [0.25, 0.3) is 0 Å². The Morgan fingerprint density at radius 1 is 1.12 bits per heavy atom. The van der Waals surface area contributed by atoms with Crippen LogP contribution >= 0.6 is 19.2 Å². The number of hydrogen-bond donors (Lipinski definition) is 0. The zero-order valence-corrected chi connectivity index (χ0v) is 15.9. The highest BCUT2D eigenvalue weighted by Gasteiger charge is 2.26. The van der Waals surface area contributed by atoms with Gasteiger partial charge in [-0.25, -0.2) is 0 Å². The Morgan fingerprint density at radius 3 is 2.36 bits per heavy atom. The van der Waals surface area contributed by atoms with Crippen LogP contribution in [-0.4, -0.2) is 13.2 Å². The summed E-state index contributed by atoms with van der Waals surface area (Å²) in [5.74, 6) is 0.728. The number of hydrogen-bond acceptors (Lipinski definition) is 6. The predicted molar refractivity (Wildman–Crippen MR) is 95.8 cm³/mol. The highest BCUT2D eigenvalue weighted by atomic mass is 35.5. The lowest BCUT2D eigenvalue weighted by molar-refractivity contribution is 0.217. The van der Waals surface area contributed by atoms with Gasteiger partial charge in [0.25, 0.3) is 0 Å². The maximum atomic E-state index is 12.5. The monoisotopic (exact) mass is 386 g/mol. The number of halogens is 1. The number of aryl methyl sites for hydroxylation is 1. The van der Waals surface area contributed by atoms with E-state index < -0.39 is 13.0 Å². The second kappa shape index (κ2) is 8.68. The second-order valence-corrected chi connectivity index (χ2v) is 7.68. The third kappa shape index (κ3) is 5.44. The standard InChI is InChI=1S/C17H20ClO6P/c1-4-22-25(20,23-5-2)11-14-9-15(19)17(10-21-14)24-16-7-6-13(18)8-12(16)3/h6-10H,4-5,11H2,1-3H3. The molecule has 0 aliphatic rings. The average molecular weight is 387 g/mol. The van der Waals surface area contributed by atoms with Crippen LogP contribution in [0.4, 0.5) is 0 Å². The van der Waals surface area contributed by atoms with Crippen molar-refractivity contribution in [3.8, 4) is 11.5 Å². The second-order valence-electron chi connectivity index (χ2n) is 5.19. The zero-order valence-electron chi connectivity index (χ0n) is 14.3. The molecular formula is C17H20ClO6P. The van der Waals surface area contributed by atoms with Gasteiger partial charge in [0.2, 0.25) is 11.2 Å². The van der Waals surface area contributed by atoms with Crippen molar-refractivity contribution in [3.05, 3.63) is 57.1 Å². The van der Waals surface area contributed by atoms with Gasteiger partial charge in [0, 0.05) is 11.1 Å². The molecule has 2 aromatic rings. The van der Waals surface area contributed by atoms with Crippen LogP contribution in [-0.2, 0) is 19.8 Å². The Bertz CT molecular complexity index is 822. The molecule has 0 saturated heterocycles. The van der Waals surface area contributed by atoms with Crippen molar-refractivity contribution in [1.82, 2.24) is 0 Å². The van der Waals surface area contributed by atoms with Crippen molar-refractivity contribution in [2.75, 3.05) is 13.2 Å². The van der Waals surface area contributed by atoms with Crippen molar-refractivity contribution >= 4 is 19.2 Å². The summed E-state index contributed by atoms with van der Waals surface area (Å²) >= 11 is 5.90. The molecule has 0 aliphatic carbocycles. The normalized spacial score (nSPS) is 11.5. The summed E-state index contributed by atoms with van der Waals surface area (Å²) in [6, 6.07) is 6.29. The SMILES string of the molecule is CCOP(=O)(Cc1cc(=O)c(Oc2ccc(Cl)cc2C)co1)OCC. The molecule has 2 rings (SSSR count). The van der Waals surface area contributed by atoms with E-state index in [-0.39, 0.29) is 30.9 Å². The lowest BCUT2D eigenvalue weighted by Gasteiger charge is -2.16. The fraction of sp³-hybridized carbons (Fsp3) is 0.353. The van der Waals surface area contributed by atoms with Gasteiger partial charge in [-0.1, -0.05) is 11.6 Å². The average Bonchev–Trinajstić information content (AvgIpc) is 2.52. The topological polar surface area (TPSA) is 75.0 Å². The van der Waals surface area contributed by atoms with E-state index in [0.29, 0.717) is 10.8 Å². The minimum atomic E-state index is -3.34. The van der Waals surface area contributed by atoms with E-state index in [0.717, 1.165) is 5.56 Å². The first-order valence-electron chi connectivity index (χ1n) is 7.80. The molecule has 0 fully saturated rings. The Labute approximate surface area is 151 Å². The third-order valence-electron chi connectivity index (χ3n) is 3.21. The van der Waals surface area contributed by atoms with Crippen molar-refractivity contribution < 1.29 is 22.8 Å². The largest absolute Gasteiger partial charge is 0.464 e. The molecule has 0 atom stereocenters. The molecule has 0 N–H and O–H groups in total. The summed E-state index contributed by atoms with van der Waals surface area (Å²) in [6.07, 6.45) is 1.07. The number of ether oxygens (including phenoxy) is 1. The van der Waals surface area contributed by atoms with Crippen LogP contribution < -0.4 is 10.2 Å².